The molecule has 0 saturated carbocycles. The highest BCUT2D eigenvalue weighted by Gasteiger charge is 2.23. The predicted molar refractivity (Wildman–Crippen MR) is 144 cm³/mol. The molecule has 0 bridgehead atoms. The Balaban J connectivity index is 1.48. The van der Waals surface area contributed by atoms with Crippen molar-refractivity contribution < 1.29 is 9.59 Å². The van der Waals surface area contributed by atoms with E-state index in [1.807, 2.05) is 54.6 Å². The zero-order valence-corrected chi connectivity index (χ0v) is 21.9. The second kappa shape index (κ2) is 11.6. The Bertz CT molecular complexity index is 1340. The maximum Gasteiger partial charge on any atom is 0.319 e. The van der Waals surface area contributed by atoms with Crippen LogP contribution in [0.3, 0.4) is 0 Å². The molecule has 1 atom stereocenters. The number of anilines is 2. The number of hydrogen-bond acceptors (Lipinski definition) is 5. The molecule has 4 rings (SSSR count). The minimum absolute atomic E-state index is 0.211. The van der Waals surface area contributed by atoms with E-state index in [0.29, 0.717) is 20.8 Å². The molecule has 3 aromatic carbocycles. The van der Waals surface area contributed by atoms with E-state index >= 15 is 0 Å². The van der Waals surface area contributed by atoms with E-state index in [0.717, 1.165) is 15.6 Å². The number of urea groups is 1. The van der Waals surface area contributed by atoms with Crippen molar-refractivity contribution in [3.05, 3.63) is 92.9 Å². The maximum absolute atomic E-state index is 13.1. The molecule has 11 heteroatoms. The van der Waals surface area contributed by atoms with Crippen LogP contribution < -0.4 is 16.0 Å². The van der Waals surface area contributed by atoms with Crippen LogP contribution in [-0.4, -0.2) is 28.2 Å². The molecule has 0 fully saturated rings. The second-order valence-corrected chi connectivity index (χ2v) is 10.0. The molecule has 0 spiro atoms. The summed E-state index contributed by atoms with van der Waals surface area (Å²) in [7, 11) is 0. The molecule has 1 heterocycles. The summed E-state index contributed by atoms with van der Waals surface area (Å²) in [5.74, 6) is -0.431. The van der Waals surface area contributed by atoms with Crippen molar-refractivity contribution in [2.45, 2.75) is 12.5 Å². The number of amides is 3. The lowest BCUT2D eigenvalue weighted by Crippen LogP contribution is -2.47. The van der Waals surface area contributed by atoms with Crippen molar-refractivity contribution in [3.8, 4) is 10.6 Å². The summed E-state index contributed by atoms with van der Waals surface area (Å²) in [6.45, 7) is 0. The van der Waals surface area contributed by atoms with Gasteiger partial charge in [0.25, 0.3) is 0 Å². The van der Waals surface area contributed by atoms with Gasteiger partial charge in [-0.05, 0) is 29.8 Å². The van der Waals surface area contributed by atoms with Gasteiger partial charge in [0.15, 0.2) is 0 Å². The van der Waals surface area contributed by atoms with E-state index in [1.165, 1.54) is 11.3 Å². The fraction of sp³-hybridized carbons (Fsp3) is 0.0833. The van der Waals surface area contributed by atoms with Gasteiger partial charge in [0.2, 0.25) is 11.0 Å². The van der Waals surface area contributed by atoms with Gasteiger partial charge in [0.1, 0.15) is 11.0 Å². The third-order valence-corrected chi connectivity index (χ3v) is 7.09. The van der Waals surface area contributed by atoms with Gasteiger partial charge in [-0.2, -0.15) is 0 Å². The number of aromatic nitrogens is 2. The summed E-state index contributed by atoms with van der Waals surface area (Å²) in [5.41, 5.74) is 2.09. The molecule has 178 valence electrons. The van der Waals surface area contributed by atoms with Crippen molar-refractivity contribution in [3.63, 3.8) is 0 Å². The minimum atomic E-state index is -0.893. The molecule has 0 saturated heterocycles. The van der Waals surface area contributed by atoms with E-state index in [2.05, 4.69) is 42.1 Å². The summed E-state index contributed by atoms with van der Waals surface area (Å²) < 4.78 is 0.950. The van der Waals surface area contributed by atoms with Crippen molar-refractivity contribution >= 4 is 73.2 Å². The van der Waals surface area contributed by atoms with Crippen LogP contribution in [0.2, 0.25) is 10.0 Å². The molecule has 4 aromatic rings. The molecule has 0 aliphatic carbocycles. The molecule has 1 aromatic heterocycles. The first kappa shape index (κ1) is 25.1. The topological polar surface area (TPSA) is 96.0 Å². The highest BCUT2D eigenvalue weighted by Crippen LogP contribution is 2.30. The lowest BCUT2D eigenvalue weighted by molar-refractivity contribution is -0.117. The van der Waals surface area contributed by atoms with Gasteiger partial charge in [0, 0.05) is 16.5 Å². The number of halogens is 3. The van der Waals surface area contributed by atoms with E-state index in [9.17, 15) is 9.59 Å². The van der Waals surface area contributed by atoms with Crippen molar-refractivity contribution in [2.24, 2.45) is 0 Å². The Labute approximate surface area is 224 Å². The third-order valence-electron chi connectivity index (χ3n) is 4.85. The van der Waals surface area contributed by atoms with Crippen molar-refractivity contribution in [2.75, 3.05) is 10.6 Å². The number of carbonyl (C=O) groups is 2. The minimum Gasteiger partial charge on any atom is -0.326 e. The van der Waals surface area contributed by atoms with Crippen molar-refractivity contribution in [1.29, 1.82) is 0 Å². The molecule has 1 unspecified atom stereocenters. The Morgan fingerprint density at radius 1 is 0.914 bits per heavy atom. The normalized spacial score (nSPS) is 11.5. The summed E-state index contributed by atoms with van der Waals surface area (Å²) >= 11 is 16.8. The summed E-state index contributed by atoms with van der Waals surface area (Å²) in [6.07, 6.45) is 0.266. The quantitative estimate of drug-likeness (QED) is 0.225. The monoisotopic (exact) mass is 589 g/mol. The van der Waals surface area contributed by atoms with Crippen LogP contribution in [0.25, 0.3) is 10.6 Å². The molecule has 0 aliphatic heterocycles. The molecule has 35 heavy (non-hydrogen) atoms. The lowest BCUT2D eigenvalue weighted by Gasteiger charge is -2.18. The van der Waals surface area contributed by atoms with Gasteiger partial charge in [-0.25, -0.2) is 4.79 Å². The summed E-state index contributed by atoms with van der Waals surface area (Å²) in [5, 5.41) is 17.9. The highest BCUT2D eigenvalue weighted by atomic mass is 79.9. The van der Waals surface area contributed by atoms with Gasteiger partial charge in [-0.3, -0.25) is 10.1 Å². The number of hydrogen-bond donors (Lipinski definition) is 3. The lowest BCUT2D eigenvalue weighted by atomic mass is 10.1. The first-order valence-corrected chi connectivity index (χ1v) is 12.7. The van der Waals surface area contributed by atoms with Crippen LogP contribution in [0.5, 0.6) is 0 Å². The highest BCUT2D eigenvalue weighted by molar-refractivity contribution is 9.10. The largest absolute Gasteiger partial charge is 0.326 e. The summed E-state index contributed by atoms with van der Waals surface area (Å²) in [4.78, 5) is 25.9. The average molecular weight is 591 g/mol. The molecule has 7 nitrogen and oxygen atoms in total. The Morgan fingerprint density at radius 3 is 2.40 bits per heavy atom. The first-order valence-electron chi connectivity index (χ1n) is 10.3. The number of nitrogens with one attached hydrogen (secondary N) is 3. The Hall–Kier alpha value is -2.98. The van der Waals surface area contributed by atoms with Crippen LogP contribution in [0, 0.1) is 0 Å². The molecular weight excluding hydrogens is 573 g/mol. The smallest absolute Gasteiger partial charge is 0.319 e. The van der Waals surface area contributed by atoms with E-state index in [4.69, 9.17) is 23.2 Å². The van der Waals surface area contributed by atoms with Gasteiger partial charge in [-0.1, -0.05) is 99.0 Å². The molecular formula is C24H18BrCl2N5O2S. The van der Waals surface area contributed by atoms with Gasteiger partial charge < -0.3 is 10.6 Å². The van der Waals surface area contributed by atoms with Gasteiger partial charge in [0.05, 0.1) is 15.7 Å². The van der Waals surface area contributed by atoms with Gasteiger partial charge in [-0.15, -0.1) is 10.2 Å². The van der Waals surface area contributed by atoms with Crippen molar-refractivity contribution in [1.82, 2.24) is 15.5 Å². The number of benzene rings is 3. The van der Waals surface area contributed by atoms with E-state index in [-0.39, 0.29) is 11.4 Å². The zero-order valence-electron chi connectivity index (χ0n) is 18.0. The number of nitrogens with zero attached hydrogens (tertiary/aromatic N) is 2. The number of rotatable bonds is 7. The standard InChI is InChI=1S/C24H18BrCl2N5O2S/c25-16-11-9-15(10-12-16)22-31-32-24(35-22)30-21(33)19(13-14-5-2-1-3-6-14)29-23(34)28-18-8-4-7-17(26)20(18)27/h1-12,19H,13H2,(H2,28,29,34)(H,30,32,33). The second-order valence-electron chi connectivity index (χ2n) is 7.35. The van der Waals surface area contributed by atoms with Crippen LogP contribution in [-0.2, 0) is 11.2 Å². The Kier molecular flexibility index (Phi) is 8.35. The first-order chi connectivity index (χ1) is 16.9. The van der Waals surface area contributed by atoms with Crippen LogP contribution in [0.4, 0.5) is 15.6 Å². The third kappa shape index (κ3) is 6.79. The fourth-order valence-corrected chi connectivity index (χ4v) is 4.52. The maximum atomic E-state index is 13.1. The molecule has 3 N–H and O–H groups in total. The van der Waals surface area contributed by atoms with Crippen LogP contribution in [0.15, 0.2) is 77.3 Å². The SMILES string of the molecule is O=C(Nc1cccc(Cl)c1Cl)NC(Cc1ccccc1)C(=O)Nc1nnc(-c2ccc(Br)cc2)s1. The van der Waals surface area contributed by atoms with Crippen LogP contribution >= 0.6 is 50.5 Å². The molecule has 0 radical (unpaired) electrons. The van der Waals surface area contributed by atoms with E-state index in [1.54, 1.807) is 18.2 Å². The predicted octanol–water partition coefficient (Wildman–Crippen LogP) is 6.65. The molecule has 0 aliphatic rings. The zero-order chi connectivity index (χ0) is 24.8. The van der Waals surface area contributed by atoms with Crippen LogP contribution in [0.1, 0.15) is 5.56 Å². The number of carbonyl (C=O) groups excluding carboxylic acids is 2. The fourth-order valence-electron chi connectivity index (χ4n) is 3.15. The average Bonchev–Trinajstić information content (AvgIpc) is 3.31. The summed E-state index contributed by atoms with van der Waals surface area (Å²) in [6, 6.07) is 20.4. The molecule has 3 amide bonds. The Morgan fingerprint density at radius 2 is 1.66 bits per heavy atom. The van der Waals surface area contributed by atoms with E-state index < -0.39 is 18.0 Å². The van der Waals surface area contributed by atoms with Gasteiger partial charge >= 0.3 is 6.03 Å².